The van der Waals surface area contributed by atoms with Crippen LogP contribution in [0.5, 0.6) is 11.5 Å². The first-order chi connectivity index (χ1) is 10.7. The van der Waals surface area contributed by atoms with Gasteiger partial charge in [-0.1, -0.05) is 48.6 Å². The van der Waals surface area contributed by atoms with Gasteiger partial charge >= 0.3 is 5.97 Å². The average molecular weight is 294 g/mol. The number of carbonyl (C=O) groups is 1. The SMILES string of the molecule is C/C=C/c1ccc(OC(=O)/C=C/c2ccccc2)c(OC)c1. The Morgan fingerprint density at radius 1 is 0.955 bits per heavy atom. The first-order valence-electron chi connectivity index (χ1n) is 6.98. The molecule has 0 aromatic heterocycles. The van der Waals surface area contributed by atoms with E-state index in [9.17, 15) is 4.79 Å². The fourth-order valence-electron chi connectivity index (χ4n) is 1.94. The van der Waals surface area contributed by atoms with Crippen LogP contribution in [0.25, 0.3) is 12.2 Å². The van der Waals surface area contributed by atoms with E-state index >= 15 is 0 Å². The lowest BCUT2D eigenvalue weighted by Crippen LogP contribution is -2.05. The van der Waals surface area contributed by atoms with Crippen molar-refractivity contribution in [1.29, 1.82) is 0 Å². The van der Waals surface area contributed by atoms with Crippen molar-refractivity contribution in [2.45, 2.75) is 6.92 Å². The highest BCUT2D eigenvalue weighted by molar-refractivity contribution is 5.89. The van der Waals surface area contributed by atoms with Crippen LogP contribution in [0.1, 0.15) is 18.1 Å². The molecule has 0 heterocycles. The Labute approximate surface area is 130 Å². The molecule has 0 aliphatic rings. The topological polar surface area (TPSA) is 35.5 Å². The Kier molecular flexibility index (Phi) is 5.55. The van der Waals surface area contributed by atoms with Gasteiger partial charge in [-0.05, 0) is 36.3 Å². The quantitative estimate of drug-likeness (QED) is 0.467. The highest BCUT2D eigenvalue weighted by Crippen LogP contribution is 2.28. The number of methoxy groups -OCH3 is 1. The summed E-state index contributed by atoms with van der Waals surface area (Å²) >= 11 is 0. The van der Waals surface area contributed by atoms with Crippen molar-refractivity contribution in [3.63, 3.8) is 0 Å². The molecule has 0 aliphatic heterocycles. The van der Waals surface area contributed by atoms with E-state index in [0.717, 1.165) is 11.1 Å². The van der Waals surface area contributed by atoms with Crippen LogP contribution >= 0.6 is 0 Å². The minimum absolute atomic E-state index is 0.401. The summed E-state index contributed by atoms with van der Waals surface area (Å²) in [7, 11) is 1.55. The summed E-state index contributed by atoms with van der Waals surface area (Å²) in [6, 6.07) is 15.0. The van der Waals surface area contributed by atoms with E-state index in [0.29, 0.717) is 11.5 Å². The monoisotopic (exact) mass is 294 g/mol. The lowest BCUT2D eigenvalue weighted by Gasteiger charge is -2.08. The largest absolute Gasteiger partial charge is 0.493 e. The average Bonchev–Trinajstić information content (AvgIpc) is 2.55. The predicted octanol–water partition coefficient (Wildman–Crippen LogP) is 4.35. The van der Waals surface area contributed by atoms with E-state index in [-0.39, 0.29) is 0 Å². The maximum Gasteiger partial charge on any atom is 0.336 e. The molecular weight excluding hydrogens is 276 g/mol. The van der Waals surface area contributed by atoms with Gasteiger partial charge in [0, 0.05) is 6.08 Å². The van der Waals surface area contributed by atoms with Crippen molar-refractivity contribution >= 4 is 18.1 Å². The van der Waals surface area contributed by atoms with Crippen molar-refractivity contribution in [3.05, 3.63) is 71.8 Å². The molecule has 3 heteroatoms. The van der Waals surface area contributed by atoms with Crippen molar-refractivity contribution in [1.82, 2.24) is 0 Å². The number of ether oxygens (including phenoxy) is 2. The van der Waals surface area contributed by atoms with Gasteiger partial charge in [-0.25, -0.2) is 4.79 Å². The summed E-state index contributed by atoms with van der Waals surface area (Å²) in [5.74, 6) is 0.483. The van der Waals surface area contributed by atoms with Crippen molar-refractivity contribution in [2.75, 3.05) is 7.11 Å². The van der Waals surface area contributed by atoms with Crippen LogP contribution in [0.3, 0.4) is 0 Å². The standard InChI is InChI=1S/C19H18O3/c1-3-7-16-10-12-17(18(14-16)21-2)22-19(20)13-11-15-8-5-4-6-9-15/h3-14H,1-2H3/b7-3+,13-11+. The zero-order valence-electron chi connectivity index (χ0n) is 12.7. The summed E-state index contributed by atoms with van der Waals surface area (Å²) in [4.78, 5) is 11.9. The second kappa shape index (κ2) is 7.84. The molecule has 0 radical (unpaired) electrons. The van der Waals surface area contributed by atoms with Crippen LogP contribution < -0.4 is 9.47 Å². The smallest absolute Gasteiger partial charge is 0.336 e. The Balaban J connectivity index is 2.09. The number of hydrogen-bond donors (Lipinski definition) is 0. The minimum atomic E-state index is -0.444. The lowest BCUT2D eigenvalue weighted by molar-refractivity contribution is -0.129. The minimum Gasteiger partial charge on any atom is -0.493 e. The summed E-state index contributed by atoms with van der Waals surface area (Å²) in [6.07, 6.45) is 6.99. The van der Waals surface area contributed by atoms with Gasteiger partial charge in [0.15, 0.2) is 11.5 Å². The summed E-state index contributed by atoms with van der Waals surface area (Å²) in [6.45, 7) is 1.94. The summed E-state index contributed by atoms with van der Waals surface area (Å²) in [5, 5.41) is 0. The number of benzene rings is 2. The van der Waals surface area contributed by atoms with Gasteiger partial charge in [-0.3, -0.25) is 0 Å². The number of allylic oxidation sites excluding steroid dienone is 1. The molecule has 0 amide bonds. The van der Waals surface area contributed by atoms with E-state index in [2.05, 4.69) is 0 Å². The molecule has 2 aromatic carbocycles. The van der Waals surface area contributed by atoms with E-state index in [1.165, 1.54) is 6.08 Å². The number of hydrogen-bond acceptors (Lipinski definition) is 3. The Hall–Kier alpha value is -2.81. The molecule has 112 valence electrons. The van der Waals surface area contributed by atoms with Gasteiger partial charge < -0.3 is 9.47 Å². The molecule has 0 bridgehead atoms. The summed E-state index contributed by atoms with van der Waals surface area (Å²) < 4.78 is 10.6. The van der Waals surface area contributed by atoms with E-state index < -0.39 is 5.97 Å². The highest BCUT2D eigenvalue weighted by atomic mass is 16.6. The molecule has 0 aliphatic carbocycles. The van der Waals surface area contributed by atoms with Crippen LogP contribution in [0.15, 0.2) is 60.7 Å². The van der Waals surface area contributed by atoms with E-state index in [4.69, 9.17) is 9.47 Å². The first-order valence-corrected chi connectivity index (χ1v) is 6.98. The molecular formula is C19H18O3. The second-order valence-electron chi connectivity index (χ2n) is 4.58. The number of carbonyl (C=O) groups excluding carboxylic acids is 1. The van der Waals surface area contributed by atoms with Gasteiger partial charge in [0.05, 0.1) is 7.11 Å². The molecule has 0 saturated carbocycles. The van der Waals surface area contributed by atoms with Crippen molar-refractivity contribution in [2.24, 2.45) is 0 Å². The van der Waals surface area contributed by atoms with Crippen LogP contribution in [0.4, 0.5) is 0 Å². The van der Waals surface area contributed by atoms with Crippen molar-refractivity contribution < 1.29 is 14.3 Å². The zero-order chi connectivity index (χ0) is 15.8. The van der Waals surface area contributed by atoms with Gasteiger partial charge in [-0.15, -0.1) is 0 Å². The van der Waals surface area contributed by atoms with E-state index in [1.807, 2.05) is 61.5 Å². The van der Waals surface area contributed by atoms with Crippen LogP contribution in [0, 0.1) is 0 Å². The Morgan fingerprint density at radius 2 is 1.73 bits per heavy atom. The molecule has 0 unspecified atom stereocenters. The third-order valence-corrected chi connectivity index (χ3v) is 2.97. The third kappa shape index (κ3) is 4.35. The van der Waals surface area contributed by atoms with Crippen LogP contribution in [0.2, 0.25) is 0 Å². The van der Waals surface area contributed by atoms with Crippen molar-refractivity contribution in [3.8, 4) is 11.5 Å². The van der Waals surface area contributed by atoms with Crippen LogP contribution in [-0.4, -0.2) is 13.1 Å². The molecule has 3 nitrogen and oxygen atoms in total. The number of rotatable bonds is 5. The normalized spacial score (nSPS) is 11.0. The third-order valence-electron chi connectivity index (χ3n) is 2.97. The maximum absolute atomic E-state index is 11.9. The van der Waals surface area contributed by atoms with Gasteiger partial charge in [0.2, 0.25) is 0 Å². The molecule has 0 spiro atoms. The van der Waals surface area contributed by atoms with Gasteiger partial charge in [0.25, 0.3) is 0 Å². The second-order valence-corrected chi connectivity index (χ2v) is 4.58. The molecule has 2 rings (SSSR count). The van der Waals surface area contributed by atoms with Gasteiger partial charge in [-0.2, -0.15) is 0 Å². The molecule has 0 fully saturated rings. The fourth-order valence-corrected chi connectivity index (χ4v) is 1.94. The molecule has 0 atom stereocenters. The predicted molar refractivity (Wildman–Crippen MR) is 88.8 cm³/mol. The Morgan fingerprint density at radius 3 is 2.41 bits per heavy atom. The highest BCUT2D eigenvalue weighted by Gasteiger charge is 2.08. The summed E-state index contributed by atoms with van der Waals surface area (Å²) in [5.41, 5.74) is 1.92. The number of esters is 1. The first kappa shape index (κ1) is 15.6. The molecule has 0 N–H and O–H groups in total. The lowest BCUT2D eigenvalue weighted by atomic mass is 10.2. The molecule has 0 saturated heterocycles. The zero-order valence-corrected chi connectivity index (χ0v) is 12.7. The fraction of sp³-hybridized carbons (Fsp3) is 0.105. The van der Waals surface area contributed by atoms with E-state index in [1.54, 1.807) is 19.3 Å². The maximum atomic E-state index is 11.9. The van der Waals surface area contributed by atoms with Gasteiger partial charge in [0.1, 0.15) is 0 Å². The van der Waals surface area contributed by atoms with Crippen LogP contribution in [-0.2, 0) is 4.79 Å². The molecule has 2 aromatic rings. The Bertz CT molecular complexity index is 685. The molecule has 22 heavy (non-hydrogen) atoms.